The van der Waals surface area contributed by atoms with Crippen molar-refractivity contribution < 1.29 is 0 Å². The molecule has 0 bridgehead atoms. The Hall–Kier alpha value is -0.520. The van der Waals surface area contributed by atoms with Gasteiger partial charge in [0.15, 0.2) is 0 Å². The summed E-state index contributed by atoms with van der Waals surface area (Å²) in [5.74, 6) is 6.07. The summed E-state index contributed by atoms with van der Waals surface area (Å²) in [6.07, 6.45) is 3.73. The van der Waals surface area contributed by atoms with Crippen LogP contribution in [0.3, 0.4) is 0 Å². The standard InChI is InChI=1S/C11H20N2/c1-3-4-5-8-13-9-6-7-11(13)10-12-2/h11-12H,5-10H2,1-2H3. The van der Waals surface area contributed by atoms with E-state index in [-0.39, 0.29) is 0 Å². The van der Waals surface area contributed by atoms with Gasteiger partial charge in [-0.15, -0.1) is 11.8 Å². The van der Waals surface area contributed by atoms with E-state index >= 15 is 0 Å². The number of likely N-dealkylation sites (tertiary alicyclic amines) is 1. The lowest BCUT2D eigenvalue weighted by Gasteiger charge is -2.22. The van der Waals surface area contributed by atoms with Crippen molar-refractivity contribution in [2.75, 3.05) is 26.7 Å². The van der Waals surface area contributed by atoms with E-state index in [9.17, 15) is 0 Å². The molecule has 1 atom stereocenters. The minimum atomic E-state index is 0.753. The fourth-order valence-electron chi connectivity index (χ4n) is 1.98. The number of nitrogens with zero attached hydrogens (tertiary/aromatic N) is 1. The minimum Gasteiger partial charge on any atom is -0.318 e. The molecule has 1 aliphatic rings. The van der Waals surface area contributed by atoms with E-state index < -0.39 is 0 Å². The van der Waals surface area contributed by atoms with E-state index in [1.807, 2.05) is 14.0 Å². The lowest BCUT2D eigenvalue weighted by atomic mass is 10.2. The summed E-state index contributed by atoms with van der Waals surface area (Å²) in [5.41, 5.74) is 0. The predicted molar refractivity (Wildman–Crippen MR) is 56.6 cm³/mol. The van der Waals surface area contributed by atoms with Crippen molar-refractivity contribution in [3.63, 3.8) is 0 Å². The second-order valence-corrected chi connectivity index (χ2v) is 3.57. The van der Waals surface area contributed by atoms with Gasteiger partial charge in [0.1, 0.15) is 0 Å². The highest BCUT2D eigenvalue weighted by atomic mass is 15.2. The Labute approximate surface area is 81.7 Å². The Kier molecular flexibility index (Phi) is 4.88. The van der Waals surface area contributed by atoms with Gasteiger partial charge in [-0.05, 0) is 33.4 Å². The highest BCUT2D eigenvalue weighted by Crippen LogP contribution is 2.16. The third kappa shape index (κ3) is 3.38. The maximum atomic E-state index is 3.25. The van der Waals surface area contributed by atoms with Crippen LogP contribution in [0.5, 0.6) is 0 Å². The van der Waals surface area contributed by atoms with E-state index in [2.05, 4.69) is 22.1 Å². The first-order valence-corrected chi connectivity index (χ1v) is 5.16. The average molecular weight is 180 g/mol. The second-order valence-electron chi connectivity index (χ2n) is 3.57. The first kappa shape index (κ1) is 10.6. The molecule has 1 unspecified atom stereocenters. The van der Waals surface area contributed by atoms with Crippen molar-refractivity contribution >= 4 is 0 Å². The number of rotatable bonds is 4. The molecular weight excluding hydrogens is 160 g/mol. The third-order valence-corrected chi connectivity index (χ3v) is 2.64. The van der Waals surface area contributed by atoms with Crippen molar-refractivity contribution in [3.05, 3.63) is 0 Å². The Morgan fingerprint density at radius 1 is 1.54 bits per heavy atom. The Morgan fingerprint density at radius 3 is 3.08 bits per heavy atom. The molecule has 0 spiro atoms. The normalized spacial score (nSPS) is 22.8. The summed E-state index contributed by atoms with van der Waals surface area (Å²) >= 11 is 0. The SMILES string of the molecule is CC#CCCN1CCCC1CNC. The van der Waals surface area contributed by atoms with Gasteiger partial charge < -0.3 is 5.32 Å². The average Bonchev–Trinajstić information content (AvgIpc) is 2.54. The summed E-state index contributed by atoms with van der Waals surface area (Å²) in [7, 11) is 2.03. The zero-order chi connectivity index (χ0) is 9.52. The van der Waals surface area contributed by atoms with Crippen LogP contribution < -0.4 is 5.32 Å². The highest BCUT2D eigenvalue weighted by molar-refractivity contribution is 4.96. The fraction of sp³-hybridized carbons (Fsp3) is 0.818. The van der Waals surface area contributed by atoms with Gasteiger partial charge in [0.05, 0.1) is 0 Å². The molecule has 74 valence electrons. The third-order valence-electron chi connectivity index (χ3n) is 2.64. The topological polar surface area (TPSA) is 15.3 Å². The van der Waals surface area contributed by atoms with Crippen molar-refractivity contribution in [1.82, 2.24) is 10.2 Å². The molecule has 2 heteroatoms. The van der Waals surface area contributed by atoms with Gasteiger partial charge in [0.25, 0.3) is 0 Å². The lowest BCUT2D eigenvalue weighted by Crippen LogP contribution is -2.37. The molecule has 0 saturated carbocycles. The van der Waals surface area contributed by atoms with Gasteiger partial charge >= 0.3 is 0 Å². The van der Waals surface area contributed by atoms with Gasteiger partial charge in [-0.1, -0.05) is 0 Å². The Balaban J connectivity index is 2.25. The quantitative estimate of drug-likeness (QED) is 0.651. The van der Waals surface area contributed by atoms with Crippen molar-refractivity contribution in [2.24, 2.45) is 0 Å². The molecule has 1 aliphatic heterocycles. The van der Waals surface area contributed by atoms with E-state index in [1.54, 1.807) is 0 Å². The molecule has 1 rings (SSSR count). The van der Waals surface area contributed by atoms with Crippen LogP contribution >= 0.6 is 0 Å². The minimum absolute atomic E-state index is 0.753. The molecule has 13 heavy (non-hydrogen) atoms. The van der Waals surface area contributed by atoms with E-state index in [4.69, 9.17) is 0 Å². The number of likely N-dealkylation sites (N-methyl/N-ethyl adjacent to an activating group) is 1. The predicted octanol–water partition coefficient (Wildman–Crippen LogP) is 1.08. The molecule has 1 fully saturated rings. The summed E-state index contributed by atoms with van der Waals surface area (Å²) in [5, 5.41) is 3.25. The van der Waals surface area contributed by atoms with E-state index in [0.29, 0.717) is 0 Å². The number of hydrogen-bond acceptors (Lipinski definition) is 2. The van der Waals surface area contributed by atoms with Crippen LogP contribution in [-0.2, 0) is 0 Å². The molecule has 1 heterocycles. The Bertz CT molecular complexity index is 190. The molecule has 0 aliphatic carbocycles. The molecule has 0 aromatic rings. The molecular formula is C11H20N2. The lowest BCUT2D eigenvalue weighted by molar-refractivity contribution is 0.256. The fourth-order valence-corrected chi connectivity index (χ4v) is 1.98. The van der Waals surface area contributed by atoms with Crippen LogP contribution in [0.1, 0.15) is 26.2 Å². The summed E-state index contributed by atoms with van der Waals surface area (Å²) in [6.45, 7) is 5.44. The van der Waals surface area contributed by atoms with Crippen LogP contribution in [0.15, 0.2) is 0 Å². The molecule has 0 aromatic heterocycles. The first-order chi connectivity index (χ1) is 6.38. The van der Waals surface area contributed by atoms with Crippen LogP contribution in [0.25, 0.3) is 0 Å². The highest BCUT2D eigenvalue weighted by Gasteiger charge is 2.22. The number of hydrogen-bond donors (Lipinski definition) is 1. The van der Waals surface area contributed by atoms with Gasteiger partial charge in [-0.25, -0.2) is 0 Å². The van der Waals surface area contributed by atoms with E-state index in [1.165, 1.54) is 19.4 Å². The first-order valence-electron chi connectivity index (χ1n) is 5.16. The molecule has 1 saturated heterocycles. The largest absolute Gasteiger partial charge is 0.318 e. The summed E-state index contributed by atoms with van der Waals surface area (Å²) in [4.78, 5) is 2.56. The molecule has 0 amide bonds. The smallest absolute Gasteiger partial charge is 0.0221 e. The van der Waals surface area contributed by atoms with Crippen molar-refractivity contribution in [1.29, 1.82) is 0 Å². The van der Waals surface area contributed by atoms with Crippen LogP contribution in [-0.4, -0.2) is 37.6 Å². The maximum absolute atomic E-state index is 3.25. The van der Waals surface area contributed by atoms with Gasteiger partial charge in [-0.2, -0.15) is 0 Å². The van der Waals surface area contributed by atoms with Crippen molar-refractivity contribution in [3.8, 4) is 11.8 Å². The summed E-state index contributed by atoms with van der Waals surface area (Å²) < 4.78 is 0. The van der Waals surface area contributed by atoms with Gasteiger partial charge in [-0.3, -0.25) is 4.90 Å². The number of nitrogens with one attached hydrogen (secondary N) is 1. The second kappa shape index (κ2) is 6.01. The maximum Gasteiger partial charge on any atom is 0.0221 e. The molecule has 0 aromatic carbocycles. The van der Waals surface area contributed by atoms with Crippen LogP contribution in [0.2, 0.25) is 0 Å². The van der Waals surface area contributed by atoms with Crippen molar-refractivity contribution in [2.45, 2.75) is 32.2 Å². The summed E-state index contributed by atoms with van der Waals surface area (Å²) in [6, 6.07) is 0.753. The van der Waals surface area contributed by atoms with Gasteiger partial charge in [0, 0.05) is 25.6 Å². The van der Waals surface area contributed by atoms with Gasteiger partial charge in [0.2, 0.25) is 0 Å². The Morgan fingerprint density at radius 2 is 2.38 bits per heavy atom. The van der Waals surface area contributed by atoms with Crippen LogP contribution in [0, 0.1) is 11.8 Å². The zero-order valence-corrected chi connectivity index (χ0v) is 8.77. The molecule has 2 nitrogen and oxygen atoms in total. The van der Waals surface area contributed by atoms with E-state index in [0.717, 1.165) is 25.6 Å². The van der Waals surface area contributed by atoms with Crippen LogP contribution in [0.4, 0.5) is 0 Å². The molecule has 1 N–H and O–H groups in total. The molecule has 0 radical (unpaired) electrons. The monoisotopic (exact) mass is 180 g/mol. The zero-order valence-electron chi connectivity index (χ0n) is 8.77.